The summed E-state index contributed by atoms with van der Waals surface area (Å²) in [7, 11) is 0. The van der Waals surface area contributed by atoms with Gasteiger partial charge in [0.25, 0.3) is 5.56 Å². The first-order valence-corrected chi connectivity index (χ1v) is 7.82. The molecule has 120 valence electrons. The Balaban J connectivity index is 1.84. The third-order valence-corrected chi connectivity index (χ3v) is 4.32. The third-order valence-electron chi connectivity index (χ3n) is 4.32. The van der Waals surface area contributed by atoms with Crippen LogP contribution in [0.1, 0.15) is 30.4 Å². The number of H-pyrrole nitrogens is 1. The molecule has 1 atom stereocenters. The van der Waals surface area contributed by atoms with Crippen molar-refractivity contribution in [3.05, 3.63) is 27.9 Å². The van der Waals surface area contributed by atoms with E-state index < -0.39 is 0 Å². The van der Waals surface area contributed by atoms with Crippen LogP contribution in [0, 0.1) is 12.8 Å². The lowest BCUT2D eigenvalue weighted by Crippen LogP contribution is -2.48. The molecule has 0 aromatic carbocycles. The summed E-state index contributed by atoms with van der Waals surface area (Å²) in [5, 5.41) is 3.28. The number of amides is 1. The van der Waals surface area contributed by atoms with Crippen molar-refractivity contribution in [2.75, 3.05) is 32.8 Å². The van der Waals surface area contributed by atoms with Crippen molar-refractivity contribution in [2.24, 2.45) is 5.92 Å². The van der Waals surface area contributed by atoms with Crippen LogP contribution in [0.2, 0.25) is 0 Å². The van der Waals surface area contributed by atoms with Gasteiger partial charge in [-0.1, -0.05) is 0 Å². The molecule has 1 amide bonds. The van der Waals surface area contributed by atoms with Gasteiger partial charge >= 0.3 is 0 Å². The van der Waals surface area contributed by atoms with Gasteiger partial charge in [-0.2, -0.15) is 0 Å². The number of nitrogens with zero attached hydrogens (tertiary/aromatic N) is 2. The van der Waals surface area contributed by atoms with Crippen molar-refractivity contribution in [1.82, 2.24) is 20.2 Å². The van der Waals surface area contributed by atoms with Crippen LogP contribution in [-0.4, -0.2) is 53.6 Å². The van der Waals surface area contributed by atoms with Crippen LogP contribution < -0.4 is 10.9 Å². The monoisotopic (exact) mass is 306 g/mol. The van der Waals surface area contributed by atoms with Crippen molar-refractivity contribution in [3.8, 4) is 0 Å². The number of hydrogen-bond donors (Lipinski definition) is 2. The lowest BCUT2D eigenvalue weighted by Gasteiger charge is -2.38. The van der Waals surface area contributed by atoms with Crippen LogP contribution in [-0.2, 0) is 9.53 Å². The van der Waals surface area contributed by atoms with Crippen LogP contribution in [0.3, 0.4) is 0 Å². The summed E-state index contributed by atoms with van der Waals surface area (Å²) < 4.78 is 5.53. The van der Waals surface area contributed by atoms with Gasteiger partial charge in [0.2, 0.25) is 5.91 Å². The van der Waals surface area contributed by atoms with E-state index in [4.69, 9.17) is 4.74 Å². The minimum absolute atomic E-state index is 0.0601. The molecule has 2 aliphatic rings. The Morgan fingerprint density at radius 1 is 1.41 bits per heavy atom. The van der Waals surface area contributed by atoms with E-state index in [2.05, 4.69) is 15.3 Å². The molecule has 1 aromatic rings. The molecule has 7 heteroatoms. The number of morpholine rings is 1. The van der Waals surface area contributed by atoms with Crippen LogP contribution in [0.15, 0.2) is 10.9 Å². The number of carbonyl (C=O) groups excluding carboxylic acids is 1. The van der Waals surface area contributed by atoms with Crippen LogP contribution in [0.5, 0.6) is 0 Å². The summed E-state index contributed by atoms with van der Waals surface area (Å²) in [6.45, 7) is 5.00. The van der Waals surface area contributed by atoms with Crippen molar-refractivity contribution in [2.45, 2.75) is 25.8 Å². The Hall–Kier alpha value is -1.73. The quantitative estimate of drug-likeness (QED) is 0.802. The Labute approximate surface area is 129 Å². The fourth-order valence-electron chi connectivity index (χ4n) is 3.19. The first-order valence-electron chi connectivity index (χ1n) is 7.82. The summed E-state index contributed by atoms with van der Waals surface area (Å²) in [4.78, 5) is 33.4. The number of piperidine rings is 1. The van der Waals surface area contributed by atoms with Gasteiger partial charge < -0.3 is 19.9 Å². The van der Waals surface area contributed by atoms with E-state index in [1.54, 1.807) is 6.92 Å². The molecule has 0 bridgehead atoms. The SMILES string of the molecule is Cc1nc([C@H]2COCCN2C(=O)C2CCNCC2)cc(=O)[nH]1. The summed E-state index contributed by atoms with van der Waals surface area (Å²) in [6.07, 6.45) is 1.73. The fraction of sp³-hybridized carbons (Fsp3) is 0.667. The van der Waals surface area contributed by atoms with E-state index >= 15 is 0 Å². The minimum atomic E-state index is -0.267. The standard InChI is InChI=1S/C15H22N4O3/c1-10-17-12(8-14(20)18-10)13-9-22-7-6-19(13)15(21)11-2-4-16-5-3-11/h8,11,13,16H,2-7,9H2,1H3,(H,17,18,20)/t13-/m1/s1. The lowest BCUT2D eigenvalue weighted by atomic mass is 9.95. The Bertz CT molecular complexity index is 595. The summed E-state index contributed by atoms with van der Waals surface area (Å²) in [5.41, 5.74) is 0.422. The number of aryl methyl sites for hydroxylation is 1. The van der Waals surface area contributed by atoms with Crippen molar-refractivity contribution < 1.29 is 9.53 Å². The van der Waals surface area contributed by atoms with Crippen LogP contribution >= 0.6 is 0 Å². The van der Waals surface area contributed by atoms with Gasteiger partial charge in [-0.3, -0.25) is 9.59 Å². The van der Waals surface area contributed by atoms with Crippen molar-refractivity contribution in [3.63, 3.8) is 0 Å². The highest BCUT2D eigenvalue weighted by Gasteiger charge is 2.34. The number of hydrogen-bond acceptors (Lipinski definition) is 5. The lowest BCUT2D eigenvalue weighted by molar-refractivity contribution is -0.145. The predicted octanol–water partition coefficient (Wildman–Crippen LogP) is -0.0222. The van der Waals surface area contributed by atoms with Crippen LogP contribution in [0.4, 0.5) is 0 Å². The van der Waals surface area contributed by atoms with Gasteiger partial charge in [0, 0.05) is 18.5 Å². The first kappa shape index (κ1) is 15.2. The van der Waals surface area contributed by atoms with E-state index in [-0.39, 0.29) is 23.4 Å². The Morgan fingerprint density at radius 2 is 2.18 bits per heavy atom. The molecule has 0 radical (unpaired) electrons. The topological polar surface area (TPSA) is 87.3 Å². The maximum Gasteiger partial charge on any atom is 0.251 e. The molecular weight excluding hydrogens is 284 g/mol. The highest BCUT2D eigenvalue weighted by Crippen LogP contribution is 2.26. The number of nitrogens with one attached hydrogen (secondary N) is 2. The zero-order valence-electron chi connectivity index (χ0n) is 12.8. The Morgan fingerprint density at radius 3 is 2.91 bits per heavy atom. The molecule has 0 spiro atoms. The molecule has 2 saturated heterocycles. The zero-order chi connectivity index (χ0) is 15.5. The molecule has 1 aromatic heterocycles. The summed E-state index contributed by atoms with van der Waals surface area (Å²) in [5.74, 6) is 0.779. The molecule has 22 heavy (non-hydrogen) atoms. The van der Waals surface area contributed by atoms with Gasteiger partial charge in [-0.05, 0) is 32.9 Å². The second-order valence-electron chi connectivity index (χ2n) is 5.90. The molecule has 0 unspecified atom stereocenters. The van der Waals surface area contributed by atoms with Crippen LogP contribution in [0.25, 0.3) is 0 Å². The molecule has 0 saturated carbocycles. The molecule has 2 aliphatic heterocycles. The van der Waals surface area contributed by atoms with Gasteiger partial charge in [0.15, 0.2) is 0 Å². The van der Waals surface area contributed by atoms with E-state index in [0.717, 1.165) is 25.9 Å². The fourth-order valence-corrected chi connectivity index (χ4v) is 3.19. The number of aromatic nitrogens is 2. The smallest absolute Gasteiger partial charge is 0.251 e. The third kappa shape index (κ3) is 3.20. The highest BCUT2D eigenvalue weighted by molar-refractivity contribution is 5.79. The average molecular weight is 306 g/mol. The maximum atomic E-state index is 12.8. The summed E-state index contributed by atoms with van der Waals surface area (Å²) in [6, 6.07) is 1.20. The number of aromatic amines is 1. The molecule has 0 aliphatic carbocycles. The predicted molar refractivity (Wildman–Crippen MR) is 80.5 cm³/mol. The molecule has 2 fully saturated rings. The second kappa shape index (κ2) is 6.58. The molecule has 7 nitrogen and oxygen atoms in total. The number of rotatable bonds is 2. The zero-order valence-corrected chi connectivity index (χ0v) is 12.8. The molecule has 3 rings (SSSR count). The normalized spacial score (nSPS) is 23.5. The van der Waals surface area contributed by atoms with Gasteiger partial charge in [0.05, 0.1) is 24.9 Å². The highest BCUT2D eigenvalue weighted by atomic mass is 16.5. The molecular formula is C15H22N4O3. The maximum absolute atomic E-state index is 12.8. The van der Waals surface area contributed by atoms with Crippen molar-refractivity contribution >= 4 is 5.91 Å². The first-order chi connectivity index (χ1) is 10.6. The average Bonchev–Trinajstić information content (AvgIpc) is 2.54. The second-order valence-corrected chi connectivity index (χ2v) is 5.90. The minimum Gasteiger partial charge on any atom is -0.377 e. The number of ether oxygens (including phenoxy) is 1. The van der Waals surface area contributed by atoms with E-state index in [0.29, 0.717) is 31.3 Å². The molecule has 3 heterocycles. The number of carbonyl (C=O) groups is 1. The van der Waals surface area contributed by atoms with Gasteiger partial charge in [-0.25, -0.2) is 4.98 Å². The molecule has 2 N–H and O–H groups in total. The Kier molecular flexibility index (Phi) is 4.54. The van der Waals surface area contributed by atoms with E-state index in [9.17, 15) is 9.59 Å². The van der Waals surface area contributed by atoms with Gasteiger partial charge in [0.1, 0.15) is 5.82 Å². The van der Waals surface area contributed by atoms with Crippen molar-refractivity contribution in [1.29, 1.82) is 0 Å². The van der Waals surface area contributed by atoms with E-state index in [1.165, 1.54) is 6.07 Å². The largest absolute Gasteiger partial charge is 0.377 e. The summed E-state index contributed by atoms with van der Waals surface area (Å²) >= 11 is 0. The van der Waals surface area contributed by atoms with Gasteiger partial charge in [-0.15, -0.1) is 0 Å². The van der Waals surface area contributed by atoms with E-state index in [1.807, 2.05) is 4.90 Å².